The number of rotatable bonds is 4. The Labute approximate surface area is 156 Å². The lowest BCUT2D eigenvalue weighted by atomic mass is 9.98. The number of nitrogens with zero attached hydrogens (tertiary/aromatic N) is 3. The molecule has 4 rings (SSSR count). The van der Waals surface area contributed by atoms with Gasteiger partial charge in [-0.15, -0.1) is 21.5 Å². The number of ether oxygens (including phenoxy) is 2. The molecule has 2 aromatic heterocycles. The van der Waals surface area contributed by atoms with Gasteiger partial charge in [0, 0.05) is 0 Å². The average Bonchev–Trinajstić information content (AvgIpc) is 3.36. The van der Waals surface area contributed by atoms with Crippen molar-refractivity contribution in [2.24, 2.45) is 0 Å². The van der Waals surface area contributed by atoms with Gasteiger partial charge in [-0.1, -0.05) is 17.4 Å². The first-order chi connectivity index (χ1) is 12.4. The number of aliphatic hydroxyl groups excluding tert-OH is 1. The summed E-state index contributed by atoms with van der Waals surface area (Å²) < 4.78 is 11.5. The first-order valence-corrected chi connectivity index (χ1v) is 9.58. The first-order valence-electron chi connectivity index (χ1n) is 7.82. The number of ketones is 1. The third-order valence-electron chi connectivity index (χ3n) is 4.18. The van der Waals surface area contributed by atoms with Crippen molar-refractivity contribution in [3.05, 3.63) is 39.2 Å². The summed E-state index contributed by atoms with van der Waals surface area (Å²) in [4.78, 5) is 27.4. The normalized spacial score (nSPS) is 25.3. The van der Waals surface area contributed by atoms with Crippen molar-refractivity contribution < 1.29 is 24.2 Å². The van der Waals surface area contributed by atoms with Crippen molar-refractivity contribution in [1.82, 2.24) is 10.2 Å². The van der Waals surface area contributed by atoms with Gasteiger partial charge in [-0.25, -0.2) is 0 Å². The number of carbonyl (C=O) groups is 2. The van der Waals surface area contributed by atoms with E-state index >= 15 is 0 Å². The quantitative estimate of drug-likeness (QED) is 0.794. The molecule has 4 heterocycles. The summed E-state index contributed by atoms with van der Waals surface area (Å²) in [6, 6.07) is 2.55. The Morgan fingerprint density at radius 2 is 2.23 bits per heavy atom. The third-order valence-corrected chi connectivity index (χ3v) is 5.73. The second kappa shape index (κ2) is 6.23. The number of hydrogen-bond acceptors (Lipinski definition) is 9. The molecule has 136 valence electrons. The van der Waals surface area contributed by atoms with Gasteiger partial charge in [0.2, 0.25) is 10.9 Å². The monoisotopic (exact) mass is 393 g/mol. The highest BCUT2D eigenvalue weighted by Gasteiger charge is 2.52. The van der Waals surface area contributed by atoms with Crippen molar-refractivity contribution in [2.45, 2.75) is 31.8 Å². The molecule has 1 saturated heterocycles. The van der Waals surface area contributed by atoms with Crippen molar-refractivity contribution in [3.63, 3.8) is 0 Å². The molecule has 2 aliphatic heterocycles. The van der Waals surface area contributed by atoms with Crippen LogP contribution < -0.4 is 4.90 Å². The van der Waals surface area contributed by atoms with Crippen LogP contribution in [0.1, 0.15) is 23.5 Å². The molecule has 8 nitrogen and oxygen atoms in total. The molecule has 0 spiro atoms. The fraction of sp³-hybridized carbons (Fsp3) is 0.375. The Kier molecular flexibility index (Phi) is 4.14. The number of thiophene rings is 1. The lowest BCUT2D eigenvalue weighted by Gasteiger charge is -2.28. The minimum atomic E-state index is -0.851. The van der Waals surface area contributed by atoms with E-state index in [1.807, 2.05) is 0 Å². The SMILES string of the molecule is CC1(C)OCC(C2C(C(=O)c3cccs3)=C(O)C(=O)N2c2nncs2)O1. The smallest absolute Gasteiger partial charge is 0.296 e. The molecule has 0 saturated carbocycles. The zero-order valence-corrected chi connectivity index (χ0v) is 15.5. The molecular formula is C16H15N3O5S2. The minimum Gasteiger partial charge on any atom is -0.503 e. The number of carbonyl (C=O) groups excluding carboxylic acids is 2. The Morgan fingerprint density at radius 1 is 1.42 bits per heavy atom. The van der Waals surface area contributed by atoms with E-state index in [0.717, 1.165) is 11.3 Å². The molecule has 10 heteroatoms. The lowest BCUT2D eigenvalue weighted by Crippen LogP contribution is -2.46. The van der Waals surface area contributed by atoms with Crippen LogP contribution in [0.2, 0.25) is 0 Å². The van der Waals surface area contributed by atoms with E-state index in [0.29, 0.717) is 4.88 Å². The number of aromatic nitrogens is 2. The van der Waals surface area contributed by atoms with Crippen LogP contribution in [0.4, 0.5) is 5.13 Å². The summed E-state index contributed by atoms with van der Waals surface area (Å²) in [5.74, 6) is -2.54. The van der Waals surface area contributed by atoms with E-state index in [4.69, 9.17) is 9.47 Å². The Bertz CT molecular complexity index is 876. The van der Waals surface area contributed by atoms with Gasteiger partial charge in [0.1, 0.15) is 17.7 Å². The first kappa shape index (κ1) is 17.3. The van der Waals surface area contributed by atoms with Crippen LogP contribution in [-0.4, -0.2) is 51.5 Å². The van der Waals surface area contributed by atoms with E-state index in [1.54, 1.807) is 31.4 Å². The predicted molar refractivity (Wildman–Crippen MR) is 94.4 cm³/mol. The van der Waals surface area contributed by atoms with Gasteiger partial charge >= 0.3 is 0 Å². The van der Waals surface area contributed by atoms with Gasteiger partial charge in [-0.05, 0) is 25.3 Å². The molecule has 26 heavy (non-hydrogen) atoms. The zero-order chi connectivity index (χ0) is 18.5. The van der Waals surface area contributed by atoms with E-state index in [2.05, 4.69) is 10.2 Å². The molecule has 2 aromatic rings. The number of amides is 1. The third kappa shape index (κ3) is 2.75. The van der Waals surface area contributed by atoms with Crippen LogP contribution in [0.5, 0.6) is 0 Å². The van der Waals surface area contributed by atoms with Gasteiger partial charge in [-0.3, -0.25) is 14.5 Å². The molecule has 0 aliphatic carbocycles. The molecular weight excluding hydrogens is 378 g/mol. The number of anilines is 1. The van der Waals surface area contributed by atoms with Gasteiger partial charge in [-0.2, -0.15) is 0 Å². The molecule has 2 atom stereocenters. The summed E-state index contributed by atoms with van der Waals surface area (Å²) >= 11 is 2.38. The molecule has 1 amide bonds. The molecule has 2 unspecified atom stereocenters. The van der Waals surface area contributed by atoms with Crippen LogP contribution in [0.25, 0.3) is 0 Å². The average molecular weight is 393 g/mol. The van der Waals surface area contributed by atoms with Crippen molar-refractivity contribution in [1.29, 1.82) is 0 Å². The van der Waals surface area contributed by atoms with Crippen molar-refractivity contribution >= 4 is 39.5 Å². The van der Waals surface area contributed by atoms with Crippen LogP contribution in [0.3, 0.4) is 0 Å². The van der Waals surface area contributed by atoms with Gasteiger partial charge in [0.25, 0.3) is 5.91 Å². The predicted octanol–water partition coefficient (Wildman–Crippen LogP) is 2.16. The second-order valence-electron chi connectivity index (χ2n) is 6.28. The van der Waals surface area contributed by atoms with E-state index in [-0.39, 0.29) is 17.3 Å². The summed E-state index contributed by atoms with van der Waals surface area (Å²) in [6.45, 7) is 3.68. The Morgan fingerprint density at radius 3 is 2.81 bits per heavy atom. The number of hydrogen-bond donors (Lipinski definition) is 1. The topological polar surface area (TPSA) is 102 Å². The van der Waals surface area contributed by atoms with Crippen LogP contribution in [0, 0.1) is 0 Å². The van der Waals surface area contributed by atoms with Gasteiger partial charge in [0.05, 0.1) is 17.1 Å². The second-order valence-corrected chi connectivity index (χ2v) is 8.04. The maximum atomic E-state index is 13.0. The highest BCUT2D eigenvalue weighted by molar-refractivity contribution is 7.13. The highest BCUT2D eigenvalue weighted by atomic mass is 32.1. The molecule has 0 aromatic carbocycles. The lowest BCUT2D eigenvalue weighted by molar-refractivity contribution is -0.140. The summed E-state index contributed by atoms with van der Waals surface area (Å²) in [7, 11) is 0. The van der Waals surface area contributed by atoms with Gasteiger partial charge < -0.3 is 14.6 Å². The fourth-order valence-corrected chi connectivity index (χ4v) is 4.38. The highest BCUT2D eigenvalue weighted by Crippen LogP contribution is 2.39. The molecule has 1 fully saturated rings. The molecule has 1 N–H and O–H groups in total. The minimum absolute atomic E-state index is 0.000972. The van der Waals surface area contributed by atoms with Crippen molar-refractivity contribution in [3.8, 4) is 0 Å². The molecule has 0 bridgehead atoms. The van der Waals surface area contributed by atoms with Crippen LogP contribution >= 0.6 is 22.7 Å². The summed E-state index contributed by atoms with van der Waals surface area (Å²) in [5, 5.41) is 20.2. The molecule has 0 radical (unpaired) electrons. The fourth-order valence-electron chi connectivity index (χ4n) is 3.11. The number of Topliss-reactive ketones (excluding diaryl/α,β-unsaturated/α-hetero) is 1. The van der Waals surface area contributed by atoms with E-state index in [1.165, 1.54) is 21.7 Å². The Hall–Kier alpha value is -2.14. The standard InChI is InChI=1S/C16H15N3O5S2/c1-16(2)23-6-8(24-16)11-10(12(20)9-4-3-5-25-9)13(21)14(22)19(11)15-18-17-7-26-15/h3-5,7-8,11,21H,6H2,1-2H3. The maximum absolute atomic E-state index is 13.0. The number of aliphatic hydroxyl groups is 1. The zero-order valence-electron chi connectivity index (χ0n) is 13.9. The molecule has 2 aliphatic rings. The van der Waals surface area contributed by atoms with Crippen LogP contribution in [0.15, 0.2) is 34.4 Å². The van der Waals surface area contributed by atoms with E-state index < -0.39 is 35.4 Å². The van der Waals surface area contributed by atoms with Gasteiger partial charge in [0.15, 0.2) is 11.5 Å². The van der Waals surface area contributed by atoms with Crippen LogP contribution in [-0.2, 0) is 14.3 Å². The largest absolute Gasteiger partial charge is 0.503 e. The van der Waals surface area contributed by atoms with E-state index in [9.17, 15) is 14.7 Å². The summed E-state index contributed by atoms with van der Waals surface area (Å²) in [5.41, 5.74) is 1.48. The Balaban J connectivity index is 1.79. The van der Waals surface area contributed by atoms with Crippen molar-refractivity contribution in [2.75, 3.05) is 11.5 Å². The maximum Gasteiger partial charge on any atom is 0.296 e. The summed E-state index contributed by atoms with van der Waals surface area (Å²) in [6.07, 6.45) is -0.624.